The van der Waals surface area contributed by atoms with Gasteiger partial charge in [0.1, 0.15) is 0 Å². The van der Waals surface area contributed by atoms with Crippen LogP contribution in [0.15, 0.2) is 30.3 Å². The Balaban J connectivity index is 1.78. The first-order chi connectivity index (χ1) is 9.15. The number of anilines is 1. The Hall–Kier alpha value is -1.59. The molecule has 1 N–H and O–H groups in total. The summed E-state index contributed by atoms with van der Waals surface area (Å²) in [4.78, 5) is 16.4. The lowest BCUT2D eigenvalue weighted by atomic mass is 10.3. The Morgan fingerprint density at radius 3 is 2.47 bits per heavy atom. The van der Waals surface area contributed by atoms with Crippen LogP contribution < -0.4 is 10.4 Å². The van der Waals surface area contributed by atoms with E-state index in [2.05, 4.69) is 22.3 Å². The largest absolute Gasteiger partial charge is 0.304 e. The number of carbonyl (C=O) groups is 1. The van der Waals surface area contributed by atoms with Crippen molar-refractivity contribution < 1.29 is 4.79 Å². The highest BCUT2D eigenvalue weighted by Crippen LogP contribution is 2.08. The zero-order chi connectivity index (χ0) is 13.7. The monoisotopic (exact) mass is 262 g/mol. The van der Waals surface area contributed by atoms with Crippen LogP contribution >= 0.6 is 0 Å². The highest BCUT2D eigenvalue weighted by atomic mass is 16.2. The lowest BCUT2D eigenvalue weighted by Crippen LogP contribution is -2.50. The fourth-order valence-electron chi connectivity index (χ4n) is 2.15. The Morgan fingerprint density at radius 2 is 1.84 bits per heavy atom. The molecule has 1 heterocycles. The number of nitrogens with zero attached hydrogens (tertiary/aromatic N) is 3. The lowest BCUT2D eigenvalue weighted by Gasteiger charge is -2.32. The molecule has 0 unspecified atom stereocenters. The molecule has 1 saturated heterocycles. The first kappa shape index (κ1) is 13.8. The van der Waals surface area contributed by atoms with Crippen LogP contribution in [0.25, 0.3) is 0 Å². The average Bonchev–Trinajstić information content (AvgIpc) is 2.42. The second-order valence-electron chi connectivity index (χ2n) is 5.01. The second kappa shape index (κ2) is 6.54. The molecule has 0 saturated carbocycles. The summed E-state index contributed by atoms with van der Waals surface area (Å²) >= 11 is 0. The Kier molecular flexibility index (Phi) is 4.76. The lowest BCUT2D eigenvalue weighted by molar-refractivity contribution is -0.122. The summed E-state index contributed by atoms with van der Waals surface area (Å²) in [5.74, 6) is 0.0379. The maximum absolute atomic E-state index is 12.0. The molecule has 1 fully saturated rings. The molecule has 0 atom stereocenters. The van der Waals surface area contributed by atoms with E-state index in [0.29, 0.717) is 6.54 Å². The van der Waals surface area contributed by atoms with E-state index in [1.165, 1.54) is 0 Å². The number of nitrogens with one attached hydrogen (secondary N) is 1. The van der Waals surface area contributed by atoms with Gasteiger partial charge in [-0.1, -0.05) is 18.2 Å². The van der Waals surface area contributed by atoms with Crippen LogP contribution in [0, 0.1) is 0 Å². The van der Waals surface area contributed by atoms with E-state index in [1.54, 1.807) is 5.01 Å². The molecule has 1 amide bonds. The molecule has 19 heavy (non-hydrogen) atoms. The Bertz CT molecular complexity index is 401. The van der Waals surface area contributed by atoms with Crippen molar-refractivity contribution in [1.82, 2.24) is 15.2 Å². The van der Waals surface area contributed by atoms with E-state index in [0.717, 1.165) is 31.9 Å². The van der Waals surface area contributed by atoms with Gasteiger partial charge >= 0.3 is 0 Å². The molecule has 5 heteroatoms. The zero-order valence-electron chi connectivity index (χ0n) is 11.7. The van der Waals surface area contributed by atoms with Crippen molar-refractivity contribution in [2.24, 2.45) is 0 Å². The van der Waals surface area contributed by atoms with Gasteiger partial charge in [0.2, 0.25) is 0 Å². The fourth-order valence-corrected chi connectivity index (χ4v) is 2.15. The van der Waals surface area contributed by atoms with Crippen LogP contribution in [0.5, 0.6) is 0 Å². The van der Waals surface area contributed by atoms with E-state index in [9.17, 15) is 4.79 Å². The van der Waals surface area contributed by atoms with Gasteiger partial charge in [-0.3, -0.25) is 20.1 Å². The summed E-state index contributed by atoms with van der Waals surface area (Å²) in [5.41, 5.74) is 3.87. The van der Waals surface area contributed by atoms with Crippen LogP contribution in [0.2, 0.25) is 0 Å². The average molecular weight is 262 g/mol. The van der Waals surface area contributed by atoms with E-state index >= 15 is 0 Å². The van der Waals surface area contributed by atoms with Crippen LogP contribution in [0.4, 0.5) is 5.69 Å². The number of hydrogen-bond acceptors (Lipinski definition) is 4. The van der Waals surface area contributed by atoms with Gasteiger partial charge in [-0.15, -0.1) is 0 Å². The summed E-state index contributed by atoms with van der Waals surface area (Å²) < 4.78 is 0. The van der Waals surface area contributed by atoms with Crippen LogP contribution in [-0.4, -0.2) is 62.5 Å². The number of hydrogen-bond donors (Lipinski definition) is 1. The third-order valence-electron chi connectivity index (χ3n) is 3.40. The first-order valence-electron chi connectivity index (χ1n) is 6.64. The SMILES string of the molecule is CN1CCN(CC(=O)NN(C)c2ccccc2)CC1. The van der Waals surface area contributed by atoms with Crippen molar-refractivity contribution in [2.45, 2.75) is 0 Å². The normalized spacial score (nSPS) is 17.2. The van der Waals surface area contributed by atoms with Crippen LogP contribution in [-0.2, 0) is 4.79 Å². The molecule has 0 radical (unpaired) electrons. The van der Waals surface area contributed by atoms with Crippen molar-refractivity contribution in [3.63, 3.8) is 0 Å². The van der Waals surface area contributed by atoms with Gasteiger partial charge in [0, 0.05) is 33.2 Å². The number of amides is 1. The molecule has 0 bridgehead atoms. The molecule has 5 nitrogen and oxygen atoms in total. The highest BCUT2D eigenvalue weighted by molar-refractivity contribution is 5.79. The van der Waals surface area contributed by atoms with E-state index in [1.807, 2.05) is 37.4 Å². The van der Waals surface area contributed by atoms with Crippen molar-refractivity contribution in [3.05, 3.63) is 30.3 Å². The molecule has 104 valence electrons. The van der Waals surface area contributed by atoms with Crippen LogP contribution in [0.3, 0.4) is 0 Å². The number of piperazine rings is 1. The summed E-state index contributed by atoms with van der Waals surface area (Å²) in [5, 5.41) is 1.76. The number of benzene rings is 1. The maximum atomic E-state index is 12.0. The standard InChI is InChI=1S/C14H22N4O/c1-16-8-10-18(11-9-16)12-14(19)15-17(2)13-6-4-3-5-7-13/h3-7H,8-12H2,1-2H3,(H,15,19). The number of hydrazine groups is 1. The molecule has 1 aromatic carbocycles. The molecule has 2 rings (SSSR count). The van der Waals surface area contributed by atoms with Gasteiger partial charge in [-0.25, -0.2) is 0 Å². The molecule has 0 spiro atoms. The topological polar surface area (TPSA) is 38.8 Å². The number of rotatable bonds is 4. The van der Waals surface area contributed by atoms with Crippen molar-refractivity contribution >= 4 is 11.6 Å². The molecular weight excluding hydrogens is 240 g/mol. The molecular formula is C14H22N4O. The Labute approximate surface area is 114 Å². The smallest absolute Gasteiger partial charge is 0.252 e. The molecule has 0 aliphatic carbocycles. The third-order valence-corrected chi connectivity index (χ3v) is 3.40. The Morgan fingerprint density at radius 1 is 1.21 bits per heavy atom. The summed E-state index contributed by atoms with van der Waals surface area (Å²) in [7, 11) is 3.97. The van der Waals surface area contributed by atoms with Gasteiger partial charge in [0.15, 0.2) is 0 Å². The summed E-state index contributed by atoms with van der Waals surface area (Å²) in [6.07, 6.45) is 0. The maximum Gasteiger partial charge on any atom is 0.252 e. The number of carbonyl (C=O) groups excluding carboxylic acids is 1. The van der Waals surface area contributed by atoms with Gasteiger partial charge in [0.05, 0.1) is 12.2 Å². The van der Waals surface area contributed by atoms with E-state index in [-0.39, 0.29) is 5.91 Å². The molecule has 1 aromatic rings. The van der Waals surface area contributed by atoms with Crippen molar-refractivity contribution in [1.29, 1.82) is 0 Å². The summed E-state index contributed by atoms with van der Waals surface area (Å²) in [6.45, 7) is 4.44. The highest BCUT2D eigenvalue weighted by Gasteiger charge is 2.17. The quantitative estimate of drug-likeness (QED) is 0.797. The van der Waals surface area contributed by atoms with Gasteiger partial charge < -0.3 is 4.90 Å². The van der Waals surface area contributed by atoms with Gasteiger partial charge in [0.25, 0.3) is 5.91 Å². The first-order valence-corrected chi connectivity index (χ1v) is 6.64. The third kappa shape index (κ3) is 4.22. The van der Waals surface area contributed by atoms with E-state index in [4.69, 9.17) is 0 Å². The number of para-hydroxylation sites is 1. The van der Waals surface area contributed by atoms with Crippen molar-refractivity contribution in [3.8, 4) is 0 Å². The molecule has 1 aliphatic rings. The van der Waals surface area contributed by atoms with Crippen LogP contribution in [0.1, 0.15) is 0 Å². The minimum atomic E-state index is 0.0379. The van der Waals surface area contributed by atoms with E-state index < -0.39 is 0 Å². The minimum absolute atomic E-state index is 0.0379. The zero-order valence-corrected chi connectivity index (χ0v) is 11.7. The predicted molar refractivity (Wildman–Crippen MR) is 76.9 cm³/mol. The predicted octanol–water partition coefficient (Wildman–Crippen LogP) is 0.401. The van der Waals surface area contributed by atoms with Crippen molar-refractivity contribution in [2.75, 3.05) is 51.8 Å². The second-order valence-corrected chi connectivity index (χ2v) is 5.01. The molecule has 1 aliphatic heterocycles. The molecule has 0 aromatic heterocycles. The fraction of sp³-hybridized carbons (Fsp3) is 0.500. The minimum Gasteiger partial charge on any atom is -0.304 e. The number of likely N-dealkylation sites (N-methyl/N-ethyl adjacent to an activating group) is 1. The van der Waals surface area contributed by atoms with Gasteiger partial charge in [-0.2, -0.15) is 0 Å². The summed E-state index contributed by atoms with van der Waals surface area (Å²) in [6, 6.07) is 9.81. The van der Waals surface area contributed by atoms with Gasteiger partial charge in [-0.05, 0) is 19.2 Å².